The van der Waals surface area contributed by atoms with Crippen molar-refractivity contribution in [3.63, 3.8) is 0 Å². The average molecular weight is 261 g/mol. The third kappa shape index (κ3) is 2.64. The second kappa shape index (κ2) is 5.25. The van der Waals surface area contributed by atoms with E-state index in [0.717, 1.165) is 23.4 Å². The molecular weight excluding hydrogens is 250 g/mol. The Kier molecular flexibility index (Phi) is 4.26. The van der Waals surface area contributed by atoms with Crippen molar-refractivity contribution in [2.24, 2.45) is 0 Å². The molecule has 0 atom stereocenters. The third-order valence-electron chi connectivity index (χ3n) is 1.95. The minimum atomic E-state index is -0.792. The van der Waals surface area contributed by atoms with Gasteiger partial charge in [-0.3, -0.25) is 0 Å². The summed E-state index contributed by atoms with van der Waals surface area (Å²) in [5.74, 6) is -1.55. The minimum Gasteiger partial charge on any atom is -0.204 e. The van der Waals surface area contributed by atoms with Gasteiger partial charge in [-0.1, -0.05) is 34.1 Å². The van der Waals surface area contributed by atoms with Gasteiger partial charge in [0.2, 0.25) is 0 Å². The van der Waals surface area contributed by atoms with E-state index < -0.39 is 11.6 Å². The van der Waals surface area contributed by atoms with Crippen LogP contribution < -0.4 is 0 Å². The van der Waals surface area contributed by atoms with Gasteiger partial charge >= 0.3 is 0 Å². The molecule has 1 aromatic rings. The van der Waals surface area contributed by atoms with Gasteiger partial charge in [-0.05, 0) is 30.5 Å². The number of benzene rings is 1. The van der Waals surface area contributed by atoms with Crippen molar-refractivity contribution in [2.75, 3.05) is 5.33 Å². The van der Waals surface area contributed by atoms with E-state index in [1.54, 1.807) is 19.1 Å². The molecule has 0 nitrogen and oxygen atoms in total. The van der Waals surface area contributed by atoms with Crippen molar-refractivity contribution in [3.8, 4) is 0 Å². The number of alkyl halides is 1. The monoisotopic (exact) mass is 260 g/mol. The molecule has 0 N–H and O–H groups in total. The van der Waals surface area contributed by atoms with E-state index in [0.29, 0.717) is 5.56 Å². The lowest BCUT2D eigenvalue weighted by atomic mass is 10.1. The molecule has 0 aromatic heterocycles. The first kappa shape index (κ1) is 11.4. The van der Waals surface area contributed by atoms with E-state index in [-0.39, 0.29) is 0 Å². The third-order valence-corrected chi connectivity index (χ3v) is 2.41. The molecule has 0 spiro atoms. The fourth-order valence-corrected chi connectivity index (χ4v) is 1.39. The molecule has 14 heavy (non-hydrogen) atoms. The van der Waals surface area contributed by atoms with Gasteiger partial charge in [-0.25, -0.2) is 8.78 Å². The normalized spacial score (nSPS) is 11.1. The molecule has 0 aliphatic carbocycles. The minimum absolute atomic E-state index is 0.357. The van der Waals surface area contributed by atoms with Crippen molar-refractivity contribution >= 4 is 22.0 Å². The maximum absolute atomic E-state index is 13.1. The van der Waals surface area contributed by atoms with Gasteiger partial charge < -0.3 is 0 Å². The topological polar surface area (TPSA) is 0 Å². The van der Waals surface area contributed by atoms with Gasteiger partial charge in [0.25, 0.3) is 0 Å². The second-order valence-corrected chi connectivity index (χ2v) is 3.75. The van der Waals surface area contributed by atoms with Gasteiger partial charge in [0.15, 0.2) is 11.6 Å². The predicted molar refractivity (Wildman–Crippen MR) is 58.5 cm³/mol. The van der Waals surface area contributed by atoms with Gasteiger partial charge in [-0.15, -0.1) is 0 Å². The van der Waals surface area contributed by atoms with Gasteiger partial charge in [0, 0.05) is 5.33 Å². The fourth-order valence-electron chi connectivity index (χ4n) is 1.12. The predicted octanol–water partition coefficient (Wildman–Crippen LogP) is 4.07. The largest absolute Gasteiger partial charge is 0.204 e. The standard InChI is InChI=1S/C11H11BrF2/c1-8-9(4-2-3-7-12)5-6-10(13)11(8)14/h2,4-6H,3,7H2,1H3. The summed E-state index contributed by atoms with van der Waals surface area (Å²) in [6, 6.07) is 2.73. The van der Waals surface area contributed by atoms with Crippen LogP contribution in [0.4, 0.5) is 8.78 Å². The van der Waals surface area contributed by atoms with E-state index in [1.807, 2.05) is 6.08 Å². The Balaban J connectivity index is 2.94. The average Bonchev–Trinajstić information content (AvgIpc) is 2.18. The zero-order valence-corrected chi connectivity index (χ0v) is 9.44. The zero-order valence-electron chi connectivity index (χ0n) is 7.86. The van der Waals surface area contributed by atoms with Crippen LogP contribution in [0.3, 0.4) is 0 Å². The number of allylic oxidation sites excluding steroid dienone is 1. The molecule has 0 amide bonds. The highest BCUT2D eigenvalue weighted by Gasteiger charge is 2.06. The lowest BCUT2D eigenvalue weighted by molar-refractivity contribution is 0.503. The summed E-state index contributed by atoms with van der Waals surface area (Å²) < 4.78 is 25.8. The molecule has 3 heteroatoms. The van der Waals surface area contributed by atoms with Crippen LogP contribution >= 0.6 is 15.9 Å². The van der Waals surface area contributed by atoms with Crippen LogP contribution in [0.2, 0.25) is 0 Å². The summed E-state index contributed by atoms with van der Waals surface area (Å²) >= 11 is 3.28. The Hall–Kier alpha value is -0.700. The number of rotatable bonds is 3. The molecule has 0 fully saturated rings. The van der Waals surface area contributed by atoms with Crippen LogP contribution in [0.25, 0.3) is 6.08 Å². The van der Waals surface area contributed by atoms with Gasteiger partial charge in [0.05, 0.1) is 0 Å². The number of hydrogen-bond acceptors (Lipinski definition) is 0. The molecule has 0 radical (unpaired) electrons. The van der Waals surface area contributed by atoms with E-state index in [2.05, 4.69) is 15.9 Å². The maximum Gasteiger partial charge on any atom is 0.162 e. The number of halogens is 3. The molecule has 0 heterocycles. The summed E-state index contributed by atoms with van der Waals surface area (Å²) in [7, 11) is 0. The van der Waals surface area contributed by atoms with Crippen molar-refractivity contribution in [3.05, 3.63) is 41.0 Å². The van der Waals surface area contributed by atoms with E-state index in [9.17, 15) is 8.78 Å². The van der Waals surface area contributed by atoms with Crippen LogP contribution in [0.1, 0.15) is 17.5 Å². The summed E-state index contributed by atoms with van der Waals surface area (Å²) in [6.45, 7) is 1.58. The van der Waals surface area contributed by atoms with Crippen LogP contribution in [-0.2, 0) is 0 Å². The highest BCUT2D eigenvalue weighted by molar-refractivity contribution is 9.09. The summed E-state index contributed by atoms with van der Waals surface area (Å²) in [4.78, 5) is 0. The van der Waals surface area contributed by atoms with E-state index >= 15 is 0 Å². The van der Waals surface area contributed by atoms with E-state index in [4.69, 9.17) is 0 Å². The molecule has 0 unspecified atom stereocenters. The van der Waals surface area contributed by atoms with Crippen molar-refractivity contribution in [2.45, 2.75) is 13.3 Å². The number of hydrogen-bond donors (Lipinski definition) is 0. The first-order valence-corrected chi connectivity index (χ1v) is 5.46. The Morgan fingerprint density at radius 1 is 1.36 bits per heavy atom. The lowest BCUT2D eigenvalue weighted by Gasteiger charge is -2.02. The highest BCUT2D eigenvalue weighted by Crippen LogP contribution is 2.17. The maximum atomic E-state index is 13.1. The summed E-state index contributed by atoms with van der Waals surface area (Å²) in [6.07, 6.45) is 4.60. The molecule has 1 rings (SSSR count). The highest BCUT2D eigenvalue weighted by atomic mass is 79.9. The molecular formula is C11H11BrF2. The van der Waals surface area contributed by atoms with Crippen LogP contribution in [0.5, 0.6) is 0 Å². The molecule has 76 valence electrons. The quantitative estimate of drug-likeness (QED) is 0.719. The van der Waals surface area contributed by atoms with Crippen molar-refractivity contribution in [1.82, 2.24) is 0 Å². The van der Waals surface area contributed by atoms with Crippen LogP contribution in [-0.4, -0.2) is 5.33 Å². The molecule has 0 saturated carbocycles. The van der Waals surface area contributed by atoms with Crippen LogP contribution in [0, 0.1) is 18.6 Å². The summed E-state index contributed by atoms with van der Waals surface area (Å²) in [5.41, 5.74) is 1.08. The fraction of sp³-hybridized carbons (Fsp3) is 0.273. The molecule has 0 saturated heterocycles. The zero-order chi connectivity index (χ0) is 10.6. The molecule has 0 aliphatic heterocycles. The Bertz CT molecular complexity index is 345. The lowest BCUT2D eigenvalue weighted by Crippen LogP contribution is -1.91. The Morgan fingerprint density at radius 2 is 2.07 bits per heavy atom. The SMILES string of the molecule is Cc1c(C=CCCBr)ccc(F)c1F. The first-order valence-electron chi connectivity index (χ1n) is 4.34. The van der Waals surface area contributed by atoms with Gasteiger partial charge in [-0.2, -0.15) is 0 Å². The molecule has 0 aliphatic rings. The van der Waals surface area contributed by atoms with Crippen LogP contribution in [0.15, 0.2) is 18.2 Å². The summed E-state index contributed by atoms with van der Waals surface area (Å²) in [5, 5.41) is 0.867. The van der Waals surface area contributed by atoms with Gasteiger partial charge in [0.1, 0.15) is 0 Å². The van der Waals surface area contributed by atoms with Crippen molar-refractivity contribution < 1.29 is 8.78 Å². The first-order chi connectivity index (χ1) is 6.66. The molecule has 0 bridgehead atoms. The smallest absolute Gasteiger partial charge is 0.162 e. The second-order valence-electron chi connectivity index (χ2n) is 2.96. The molecule has 1 aromatic carbocycles. The van der Waals surface area contributed by atoms with E-state index in [1.165, 1.54) is 0 Å². The van der Waals surface area contributed by atoms with Crippen molar-refractivity contribution in [1.29, 1.82) is 0 Å². The Morgan fingerprint density at radius 3 is 2.71 bits per heavy atom. The Labute approximate surface area is 90.8 Å².